The molecule has 0 fully saturated rings. The zero-order valence-corrected chi connectivity index (χ0v) is 11.4. The van der Waals surface area contributed by atoms with Crippen LogP contribution in [0.1, 0.15) is 39.0 Å². The van der Waals surface area contributed by atoms with Gasteiger partial charge in [0.1, 0.15) is 0 Å². The van der Waals surface area contributed by atoms with E-state index < -0.39 is 9.05 Å². The summed E-state index contributed by atoms with van der Waals surface area (Å²) in [6.45, 7) is 2.85. The van der Waals surface area contributed by atoms with Crippen LogP contribution in [0.4, 0.5) is 0 Å². The monoisotopic (exact) mass is 236 g/mol. The molecule has 4 nitrogen and oxygen atoms in total. The molecule has 5 heteroatoms. The molecule has 0 radical (unpaired) electrons. The molecule has 0 amide bonds. The second-order valence-corrected chi connectivity index (χ2v) is 5.89. The highest BCUT2D eigenvalue weighted by atomic mass is 28.4. The van der Waals surface area contributed by atoms with Crippen LogP contribution >= 0.6 is 0 Å². The van der Waals surface area contributed by atoms with E-state index in [9.17, 15) is 0 Å². The maximum atomic E-state index is 5.53. The Bertz CT molecular complexity index is 131. The van der Waals surface area contributed by atoms with Crippen LogP contribution in [0.5, 0.6) is 0 Å². The van der Waals surface area contributed by atoms with Gasteiger partial charge in [-0.2, -0.15) is 0 Å². The van der Waals surface area contributed by atoms with E-state index in [0.717, 1.165) is 6.42 Å². The Kier molecular flexibility index (Phi) is 9.33. The highest BCUT2D eigenvalue weighted by Gasteiger charge is 2.41. The molecule has 0 aromatic heterocycles. The molecule has 0 spiro atoms. The Morgan fingerprint density at radius 3 is 1.80 bits per heavy atom. The topological polar surface area (TPSA) is 36.9 Å². The smallest absolute Gasteiger partial charge is 0.355 e. The maximum Gasteiger partial charge on any atom is 0.678 e. The van der Waals surface area contributed by atoms with E-state index in [1.807, 2.05) is 0 Å². The molecule has 0 unspecified atom stereocenters. The molecule has 0 aliphatic heterocycles. The van der Waals surface area contributed by atoms with Gasteiger partial charge >= 0.3 is 9.05 Å². The Hall–Kier alpha value is 0.0569. The third kappa shape index (κ3) is 6.27. The largest absolute Gasteiger partial charge is 0.678 e. The minimum atomic E-state index is -2.79. The highest BCUT2D eigenvalue weighted by molar-refractivity contribution is 6.53. The third-order valence-electron chi connectivity index (χ3n) is 2.28. The zero-order chi connectivity index (χ0) is 11.6. The molecule has 92 valence electrons. The summed E-state index contributed by atoms with van der Waals surface area (Å²) in [6, 6.07) is 0. The van der Waals surface area contributed by atoms with E-state index in [-0.39, 0.29) is 0 Å². The quantitative estimate of drug-likeness (QED) is 0.431. The van der Waals surface area contributed by atoms with Gasteiger partial charge in [-0.1, -0.05) is 32.6 Å². The summed E-state index contributed by atoms with van der Waals surface area (Å²) in [6.07, 6.45) is 6.04. The SMILES string of the molecule is CCCCCCCO[Si](OC)(OC)OC. The van der Waals surface area contributed by atoms with Crippen LogP contribution in [0.2, 0.25) is 0 Å². The Balaban J connectivity index is 3.54. The fourth-order valence-corrected chi connectivity index (χ4v) is 2.58. The van der Waals surface area contributed by atoms with Crippen LogP contribution in [0, 0.1) is 0 Å². The molecule has 0 aromatic carbocycles. The lowest BCUT2D eigenvalue weighted by molar-refractivity contribution is 0.00504. The van der Waals surface area contributed by atoms with Crippen LogP contribution in [-0.4, -0.2) is 37.0 Å². The number of unbranched alkanes of at least 4 members (excludes halogenated alkanes) is 4. The second kappa shape index (κ2) is 9.29. The zero-order valence-electron chi connectivity index (χ0n) is 10.4. The first-order valence-corrected chi connectivity index (χ1v) is 7.17. The average Bonchev–Trinajstić information content (AvgIpc) is 2.29. The summed E-state index contributed by atoms with van der Waals surface area (Å²) in [5.41, 5.74) is 0. The number of rotatable bonds is 10. The first-order valence-electron chi connectivity index (χ1n) is 5.54. The normalized spacial score (nSPS) is 12.0. The first kappa shape index (κ1) is 15.1. The van der Waals surface area contributed by atoms with E-state index in [1.165, 1.54) is 25.7 Å². The maximum absolute atomic E-state index is 5.53. The molecule has 0 rings (SSSR count). The summed E-state index contributed by atoms with van der Waals surface area (Å²) >= 11 is 0. The van der Waals surface area contributed by atoms with E-state index in [4.69, 9.17) is 17.7 Å². The van der Waals surface area contributed by atoms with Gasteiger partial charge in [0.25, 0.3) is 0 Å². The molecule has 15 heavy (non-hydrogen) atoms. The van der Waals surface area contributed by atoms with Gasteiger partial charge in [0.05, 0.1) is 0 Å². The molecule has 0 aromatic rings. The van der Waals surface area contributed by atoms with Gasteiger partial charge in [-0.3, -0.25) is 0 Å². The van der Waals surface area contributed by atoms with Crippen molar-refractivity contribution in [3.8, 4) is 0 Å². The summed E-state index contributed by atoms with van der Waals surface area (Å²) in [4.78, 5) is 0. The van der Waals surface area contributed by atoms with Gasteiger partial charge in [-0.05, 0) is 6.42 Å². The highest BCUT2D eigenvalue weighted by Crippen LogP contribution is 2.10. The molecular weight excluding hydrogens is 212 g/mol. The second-order valence-electron chi connectivity index (χ2n) is 3.38. The molecule has 0 aliphatic carbocycles. The lowest BCUT2D eigenvalue weighted by Gasteiger charge is -2.22. The van der Waals surface area contributed by atoms with Gasteiger partial charge in [0.15, 0.2) is 0 Å². The number of hydrogen-bond acceptors (Lipinski definition) is 4. The van der Waals surface area contributed by atoms with E-state index >= 15 is 0 Å². The Morgan fingerprint density at radius 2 is 1.33 bits per heavy atom. The van der Waals surface area contributed by atoms with Crippen molar-refractivity contribution in [2.24, 2.45) is 0 Å². The lowest BCUT2D eigenvalue weighted by Crippen LogP contribution is -2.46. The molecular formula is C10H24O4Si. The van der Waals surface area contributed by atoms with Crippen LogP contribution in [0.25, 0.3) is 0 Å². The van der Waals surface area contributed by atoms with Crippen LogP contribution in [-0.2, 0) is 17.7 Å². The van der Waals surface area contributed by atoms with Crippen molar-refractivity contribution in [2.45, 2.75) is 39.0 Å². The predicted octanol–water partition coefficient (Wildman–Crippen LogP) is 2.35. The first-order chi connectivity index (χ1) is 7.24. The summed E-state index contributed by atoms with van der Waals surface area (Å²) in [5, 5.41) is 0. The van der Waals surface area contributed by atoms with Gasteiger partial charge in [0, 0.05) is 27.9 Å². The molecule has 0 atom stereocenters. The fraction of sp³-hybridized carbons (Fsp3) is 1.00. The van der Waals surface area contributed by atoms with Crippen molar-refractivity contribution < 1.29 is 17.7 Å². The lowest BCUT2D eigenvalue weighted by atomic mass is 10.2. The fourth-order valence-electron chi connectivity index (χ4n) is 1.33. The van der Waals surface area contributed by atoms with E-state index in [0.29, 0.717) is 6.61 Å². The number of hydrogen-bond donors (Lipinski definition) is 0. The molecule has 0 aliphatic rings. The van der Waals surface area contributed by atoms with Crippen molar-refractivity contribution in [2.75, 3.05) is 27.9 Å². The summed E-state index contributed by atoms with van der Waals surface area (Å²) in [7, 11) is 1.87. The predicted molar refractivity (Wildman–Crippen MR) is 61.5 cm³/mol. The van der Waals surface area contributed by atoms with Gasteiger partial charge in [-0.25, -0.2) is 0 Å². The Morgan fingerprint density at radius 1 is 0.800 bits per heavy atom. The van der Waals surface area contributed by atoms with Crippen molar-refractivity contribution in [3.63, 3.8) is 0 Å². The Labute approximate surface area is 94.4 Å². The minimum absolute atomic E-state index is 0.644. The molecule has 0 bridgehead atoms. The molecule has 0 heterocycles. The average molecular weight is 236 g/mol. The van der Waals surface area contributed by atoms with Crippen molar-refractivity contribution >= 4 is 9.05 Å². The van der Waals surface area contributed by atoms with Crippen LogP contribution in [0.15, 0.2) is 0 Å². The standard InChI is InChI=1S/C10H24O4Si/c1-5-6-7-8-9-10-14-15(11-2,12-3)13-4/h5-10H2,1-4H3. The minimum Gasteiger partial charge on any atom is -0.355 e. The van der Waals surface area contributed by atoms with Gasteiger partial charge in [0.2, 0.25) is 0 Å². The molecule has 0 saturated carbocycles. The molecule has 0 N–H and O–H groups in total. The molecule has 0 saturated heterocycles. The van der Waals surface area contributed by atoms with E-state index in [1.54, 1.807) is 21.3 Å². The summed E-state index contributed by atoms with van der Waals surface area (Å²) < 4.78 is 20.9. The van der Waals surface area contributed by atoms with E-state index in [2.05, 4.69) is 6.92 Å². The van der Waals surface area contributed by atoms with Crippen molar-refractivity contribution in [3.05, 3.63) is 0 Å². The van der Waals surface area contributed by atoms with Crippen molar-refractivity contribution in [1.82, 2.24) is 0 Å². The van der Waals surface area contributed by atoms with Crippen LogP contribution in [0.3, 0.4) is 0 Å². The third-order valence-corrected chi connectivity index (χ3v) is 4.33. The van der Waals surface area contributed by atoms with Crippen LogP contribution < -0.4 is 0 Å². The van der Waals surface area contributed by atoms with Crippen molar-refractivity contribution in [1.29, 1.82) is 0 Å². The van der Waals surface area contributed by atoms with Gasteiger partial charge < -0.3 is 17.7 Å². The summed E-state index contributed by atoms with van der Waals surface area (Å²) in [5.74, 6) is 0. The van der Waals surface area contributed by atoms with Gasteiger partial charge in [-0.15, -0.1) is 0 Å².